The molecule has 1 fully saturated rings. The van der Waals surface area contributed by atoms with Crippen molar-refractivity contribution in [2.24, 2.45) is 5.92 Å². The third-order valence-corrected chi connectivity index (χ3v) is 2.23. The molecule has 0 saturated carbocycles. The molecule has 0 aromatic carbocycles. The van der Waals surface area contributed by atoms with Gasteiger partial charge in [-0.05, 0) is 0 Å². The Morgan fingerprint density at radius 3 is 2.67 bits per heavy atom. The summed E-state index contributed by atoms with van der Waals surface area (Å²) < 4.78 is 5.16. The molecule has 3 heteroatoms. The highest BCUT2D eigenvalue weighted by Gasteiger charge is 2.32. The molecule has 0 radical (unpaired) electrons. The smallest absolute Gasteiger partial charge is 0.219 e. The maximum Gasteiger partial charge on any atom is 0.219 e. The number of carbonyl (C=O) groups excluding carboxylic acids is 1. The monoisotopic (exact) mass is 167 g/mol. The van der Waals surface area contributed by atoms with Crippen LogP contribution in [0.1, 0.15) is 6.92 Å². The molecular weight excluding hydrogens is 154 g/mol. The van der Waals surface area contributed by atoms with E-state index in [2.05, 4.69) is 5.92 Å². The Bertz CT molecular complexity index is 219. The Hall–Kier alpha value is -1.01. The van der Waals surface area contributed by atoms with Crippen LogP contribution in [0.3, 0.4) is 0 Å². The van der Waals surface area contributed by atoms with Crippen molar-refractivity contribution in [2.45, 2.75) is 13.0 Å². The summed E-state index contributed by atoms with van der Waals surface area (Å²) in [5.41, 5.74) is 0. The first kappa shape index (κ1) is 9.08. The van der Waals surface area contributed by atoms with Gasteiger partial charge in [-0.25, -0.2) is 0 Å². The second kappa shape index (κ2) is 3.59. The molecule has 0 spiro atoms. The van der Waals surface area contributed by atoms with Gasteiger partial charge in [-0.15, -0.1) is 6.42 Å². The molecule has 0 unspecified atom stereocenters. The summed E-state index contributed by atoms with van der Waals surface area (Å²) in [5, 5.41) is 0. The third kappa shape index (κ3) is 1.59. The number of nitrogens with zero attached hydrogens (tertiary/aromatic N) is 1. The first-order chi connectivity index (χ1) is 5.69. The van der Waals surface area contributed by atoms with Crippen LogP contribution in [0.4, 0.5) is 0 Å². The summed E-state index contributed by atoms with van der Waals surface area (Å²) in [4.78, 5) is 12.7. The van der Waals surface area contributed by atoms with Gasteiger partial charge in [0.2, 0.25) is 5.91 Å². The van der Waals surface area contributed by atoms with Crippen molar-refractivity contribution in [1.29, 1.82) is 0 Å². The highest BCUT2D eigenvalue weighted by atomic mass is 16.5. The van der Waals surface area contributed by atoms with E-state index in [1.54, 1.807) is 18.9 Å². The van der Waals surface area contributed by atoms with E-state index in [1.807, 2.05) is 0 Å². The molecule has 66 valence electrons. The van der Waals surface area contributed by atoms with E-state index in [9.17, 15) is 4.79 Å². The molecule has 0 bridgehead atoms. The normalized spacial score (nSPS) is 28.6. The van der Waals surface area contributed by atoms with Crippen LogP contribution < -0.4 is 0 Å². The van der Waals surface area contributed by atoms with Crippen LogP contribution in [0.5, 0.6) is 0 Å². The zero-order chi connectivity index (χ0) is 9.14. The molecule has 0 aliphatic carbocycles. The number of carbonyl (C=O) groups is 1. The largest absolute Gasteiger partial charge is 0.378 e. The first-order valence-electron chi connectivity index (χ1n) is 3.93. The van der Waals surface area contributed by atoms with E-state index >= 15 is 0 Å². The molecule has 12 heavy (non-hydrogen) atoms. The fourth-order valence-electron chi connectivity index (χ4n) is 1.43. The number of terminal acetylenes is 1. The van der Waals surface area contributed by atoms with Crippen molar-refractivity contribution in [1.82, 2.24) is 4.90 Å². The van der Waals surface area contributed by atoms with Crippen molar-refractivity contribution in [3.63, 3.8) is 0 Å². The van der Waals surface area contributed by atoms with Crippen LogP contribution in [0.2, 0.25) is 0 Å². The Morgan fingerprint density at radius 1 is 1.67 bits per heavy atom. The van der Waals surface area contributed by atoms with Gasteiger partial charge in [0, 0.05) is 27.1 Å². The summed E-state index contributed by atoms with van der Waals surface area (Å²) in [6.45, 7) is 2.80. The van der Waals surface area contributed by atoms with Gasteiger partial charge < -0.3 is 9.64 Å². The number of hydrogen-bond acceptors (Lipinski definition) is 2. The second-order valence-corrected chi connectivity index (χ2v) is 2.97. The zero-order valence-corrected chi connectivity index (χ0v) is 7.41. The van der Waals surface area contributed by atoms with Gasteiger partial charge >= 0.3 is 0 Å². The molecule has 1 amide bonds. The lowest BCUT2D eigenvalue weighted by molar-refractivity contribution is -0.128. The lowest BCUT2D eigenvalue weighted by Crippen LogP contribution is -2.27. The van der Waals surface area contributed by atoms with E-state index in [4.69, 9.17) is 11.2 Å². The number of rotatable bonds is 1. The van der Waals surface area contributed by atoms with Gasteiger partial charge in [-0.2, -0.15) is 0 Å². The Kier molecular flexibility index (Phi) is 2.72. The Balaban J connectivity index is 2.60. The maximum atomic E-state index is 11.0. The summed E-state index contributed by atoms with van der Waals surface area (Å²) in [7, 11) is 1.62. The second-order valence-electron chi connectivity index (χ2n) is 2.97. The molecule has 2 atom stereocenters. The number of methoxy groups -OCH3 is 1. The Morgan fingerprint density at radius 2 is 2.33 bits per heavy atom. The quantitative estimate of drug-likeness (QED) is 0.519. The maximum absolute atomic E-state index is 11.0. The topological polar surface area (TPSA) is 29.5 Å². The van der Waals surface area contributed by atoms with Crippen molar-refractivity contribution in [3.05, 3.63) is 0 Å². The summed E-state index contributed by atoms with van der Waals surface area (Å²) >= 11 is 0. The number of likely N-dealkylation sites (tertiary alicyclic amines) is 1. The van der Waals surface area contributed by atoms with Gasteiger partial charge in [-0.1, -0.05) is 5.92 Å². The van der Waals surface area contributed by atoms with Crippen LogP contribution in [-0.4, -0.2) is 37.1 Å². The lowest BCUT2D eigenvalue weighted by Gasteiger charge is -2.12. The Labute approximate surface area is 72.7 Å². The number of hydrogen-bond donors (Lipinski definition) is 0. The first-order valence-corrected chi connectivity index (χ1v) is 3.93. The molecule has 1 aliphatic heterocycles. The van der Waals surface area contributed by atoms with Crippen molar-refractivity contribution in [2.75, 3.05) is 20.2 Å². The van der Waals surface area contributed by atoms with Gasteiger partial charge in [0.15, 0.2) is 0 Å². The highest BCUT2D eigenvalue weighted by molar-refractivity contribution is 5.73. The molecule has 1 heterocycles. The average Bonchev–Trinajstić information content (AvgIpc) is 2.46. The zero-order valence-electron chi connectivity index (χ0n) is 7.41. The van der Waals surface area contributed by atoms with E-state index in [0.717, 1.165) is 0 Å². The SMILES string of the molecule is C#C[C@@H]1CN(C(C)=O)C[C@H]1OC. The molecule has 0 aromatic rings. The van der Waals surface area contributed by atoms with Crippen LogP contribution in [-0.2, 0) is 9.53 Å². The van der Waals surface area contributed by atoms with Gasteiger partial charge in [-0.3, -0.25) is 4.79 Å². The van der Waals surface area contributed by atoms with E-state index < -0.39 is 0 Å². The minimum atomic E-state index is 0.0129. The molecule has 0 N–H and O–H groups in total. The predicted molar refractivity (Wildman–Crippen MR) is 45.4 cm³/mol. The van der Waals surface area contributed by atoms with Gasteiger partial charge in [0.05, 0.1) is 12.0 Å². The van der Waals surface area contributed by atoms with Crippen molar-refractivity contribution >= 4 is 5.91 Å². The highest BCUT2D eigenvalue weighted by Crippen LogP contribution is 2.18. The van der Waals surface area contributed by atoms with Crippen molar-refractivity contribution in [3.8, 4) is 12.3 Å². The lowest BCUT2D eigenvalue weighted by atomic mass is 10.1. The molecular formula is C9H13NO2. The predicted octanol–water partition coefficient (Wildman–Crippen LogP) is 0.113. The molecule has 1 saturated heterocycles. The van der Waals surface area contributed by atoms with Crippen LogP contribution in [0.25, 0.3) is 0 Å². The molecule has 1 aliphatic rings. The van der Waals surface area contributed by atoms with Gasteiger partial charge in [0.1, 0.15) is 0 Å². The third-order valence-electron chi connectivity index (χ3n) is 2.23. The molecule has 1 rings (SSSR count). The summed E-state index contributed by atoms with van der Waals surface area (Å²) in [6, 6.07) is 0. The van der Waals surface area contributed by atoms with Crippen LogP contribution in [0.15, 0.2) is 0 Å². The van der Waals surface area contributed by atoms with Crippen molar-refractivity contribution < 1.29 is 9.53 Å². The summed E-state index contributed by atoms with van der Waals surface area (Å²) in [6.07, 6.45) is 5.31. The van der Waals surface area contributed by atoms with Crippen LogP contribution in [0, 0.1) is 18.3 Å². The van der Waals surface area contributed by atoms with E-state index in [1.165, 1.54) is 0 Å². The van der Waals surface area contributed by atoms with Gasteiger partial charge in [0.25, 0.3) is 0 Å². The minimum absolute atomic E-state index is 0.0129. The standard InChI is InChI=1S/C9H13NO2/c1-4-8-5-10(7(2)11)6-9(8)12-3/h1,8-9H,5-6H2,2-3H3/t8-,9-/m1/s1. The average molecular weight is 167 g/mol. The molecule has 0 aromatic heterocycles. The summed E-state index contributed by atoms with van der Waals surface area (Å²) in [5.74, 6) is 2.75. The van der Waals surface area contributed by atoms with Crippen LogP contribution >= 0.6 is 0 Å². The fourth-order valence-corrected chi connectivity index (χ4v) is 1.43. The molecule has 3 nitrogen and oxygen atoms in total. The minimum Gasteiger partial charge on any atom is -0.378 e. The van der Waals surface area contributed by atoms with E-state index in [-0.39, 0.29) is 17.9 Å². The van der Waals surface area contributed by atoms with E-state index in [0.29, 0.717) is 13.1 Å². The number of ether oxygens (including phenoxy) is 1. The fraction of sp³-hybridized carbons (Fsp3) is 0.667. The number of amides is 1.